The third-order valence-electron chi connectivity index (χ3n) is 3.22. The van der Waals surface area contributed by atoms with Crippen molar-refractivity contribution in [2.75, 3.05) is 0 Å². The molecule has 112 valence electrons. The van der Waals surface area contributed by atoms with Gasteiger partial charge in [-0.15, -0.1) is 0 Å². The van der Waals surface area contributed by atoms with E-state index in [-0.39, 0.29) is 6.61 Å². The number of aryl methyl sites for hydroxylation is 2. The summed E-state index contributed by atoms with van der Waals surface area (Å²) in [6.07, 6.45) is 0. The van der Waals surface area contributed by atoms with E-state index < -0.39 is 0 Å². The molecule has 0 bridgehead atoms. The van der Waals surface area contributed by atoms with Crippen molar-refractivity contribution in [3.05, 3.63) is 64.5 Å². The highest BCUT2D eigenvalue weighted by Gasteiger charge is 2.10. The lowest BCUT2D eigenvalue weighted by Gasteiger charge is -2.06. The van der Waals surface area contributed by atoms with Gasteiger partial charge in [-0.3, -0.25) is 0 Å². The highest BCUT2D eigenvalue weighted by Crippen LogP contribution is 2.26. The van der Waals surface area contributed by atoms with Gasteiger partial charge in [-0.25, -0.2) is 0 Å². The first-order valence-electron chi connectivity index (χ1n) is 6.90. The molecule has 0 aliphatic carbocycles. The van der Waals surface area contributed by atoms with Crippen molar-refractivity contribution < 1.29 is 9.26 Å². The molecule has 0 aliphatic heterocycles. The quantitative estimate of drug-likeness (QED) is 0.707. The average molecular weight is 315 g/mol. The predicted molar refractivity (Wildman–Crippen MR) is 85.0 cm³/mol. The number of nitrogens with zero attached hydrogens (tertiary/aromatic N) is 2. The van der Waals surface area contributed by atoms with E-state index in [0.29, 0.717) is 22.5 Å². The molecule has 0 amide bonds. The fourth-order valence-corrected chi connectivity index (χ4v) is 2.17. The lowest BCUT2D eigenvalue weighted by atomic mass is 10.1. The fourth-order valence-electron chi connectivity index (χ4n) is 1.99. The van der Waals surface area contributed by atoms with Crippen LogP contribution in [0.3, 0.4) is 0 Å². The van der Waals surface area contributed by atoms with E-state index in [9.17, 15) is 0 Å². The summed E-state index contributed by atoms with van der Waals surface area (Å²) in [6, 6.07) is 13.5. The molecule has 0 atom stereocenters. The van der Waals surface area contributed by atoms with Gasteiger partial charge in [-0.1, -0.05) is 52.7 Å². The van der Waals surface area contributed by atoms with Crippen LogP contribution in [-0.4, -0.2) is 10.1 Å². The second kappa shape index (κ2) is 6.20. The van der Waals surface area contributed by atoms with Crippen LogP contribution in [0.1, 0.15) is 17.0 Å². The summed E-state index contributed by atoms with van der Waals surface area (Å²) >= 11 is 6.09. The van der Waals surface area contributed by atoms with Gasteiger partial charge in [0.2, 0.25) is 5.82 Å². The number of hydrogen-bond acceptors (Lipinski definition) is 4. The molecule has 1 heterocycles. The maximum absolute atomic E-state index is 6.09. The SMILES string of the molecule is Cc1ccc(-c2noc(COc3cc(C)ccc3Cl)n2)cc1. The van der Waals surface area contributed by atoms with Gasteiger partial charge in [0.05, 0.1) is 5.02 Å². The van der Waals surface area contributed by atoms with Gasteiger partial charge in [0, 0.05) is 5.56 Å². The van der Waals surface area contributed by atoms with E-state index in [0.717, 1.165) is 11.1 Å². The molecule has 5 heteroatoms. The topological polar surface area (TPSA) is 48.2 Å². The Morgan fingerprint density at radius 2 is 1.77 bits per heavy atom. The van der Waals surface area contributed by atoms with Gasteiger partial charge in [0.15, 0.2) is 6.61 Å². The molecular formula is C17H15ClN2O2. The molecule has 3 rings (SSSR count). The zero-order chi connectivity index (χ0) is 15.5. The van der Waals surface area contributed by atoms with Crippen molar-refractivity contribution in [2.24, 2.45) is 0 Å². The van der Waals surface area contributed by atoms with Crippen molar-refractivity contribution >= 4 is 11.6 Å². The summed E-state index contributed by atoms with van der Waals surface area (Å²) in [6.45, 7) is 4.19. The van der Waals surface area contributed by atoms with Crippen molar-refractivity contribution in [1.82, 2.24) is 10.1 Å². The molecule has 0 spiro atoms. The molecule has 0 saturated carbocycles. The number of ether oxygens (including phenoxy) is 1. The highest BCUT2D eigenvalue weighted by atomic mass is 35.5. The summed E-state index contributed by atoms with van der Waals surface area (Å²) in [7, 11) is 0. The highest BCUT2D eigenvalue weighted by molar-refractivity contribution is 6.32. The normalized spacial score (nSPS) is 10.7. The third-order valence-corrected chi connectivity index (χ3v) is 3.53. The molecule has 22 heavy (non-hydrogen) atoms. The van der Waals surface area contributed by atoms with Crippen LogP contribution >= 0.6 is 11.6 Å². The van der Waals surface area contributed by atoms with Crippen molar-refractivity contribution in [2.45, 2.75) is 20.5 Å². The largest absolute Gasteiger partial charge is 0.482 e. The Labute approximate surface area is 133 Å². The van der Waals surface area contributed by atoms with Gasteiger partial charge >= 0.3 is 0 Å². The fraction of sp³-hybridized carbons (Fsp3) is 0.176. The number of rotatable bonds is 4. The Balaban J connectivity index is 1.72. The Morgan fingerprint density at radius 1 is 1.05 bits per heavy atom. The van der Waals surface area contributed by atoms with Crippen LogP contribution < -0.4 is 4.74 Å². The molecule has 2 aromatic carbocycles. The van der Waals surface area contributed by atoms with E-state index in [4.69, 9.17) is 20.9 Å². The molecule has 3 aromatic rings. The standard InChI is InChI=1S/C17H15ClN2O2/c1-11-3-6-13(7-4-11)17-19-16(22-20-17)10-21-15-9-12(2)5-8-14(15)18/h3-9H,10H2,1-2H3. The van der Waals surface area contributed by atoms with Crippen LogP contribution in [0.25, 0.3) is 11.4 Å². The van der Waals surface area contributed by atoms with Gasteiger partial charge in [-0.2, -0.15) is 4.98 Å². The molecule has 0 saturated heterocycles. The number of benzene rings is 2. The molecule has 0 radical (unpaired) electrons. The lowest BCUT2D eigenvalue weighted by molar-refractivity contribution is 0.243. The van der Waals surface area contributed by atoms with Crippen LogP contribution in [0.2, 0.25) is 5.02 Å². The summed E-state index contributed by atoms with van der Waals surface area (Å²) in [5.74, 6) is 1.57. The molecule has 0 N–H and O–H groups in total. The van der Waals surface area contributed by atoms with Crippen LogP contribution in [0.4, 0.5) is 0 Å². The van der Waals surface area contributed by atoms with Crippen LogP contribution in [0, 0.1) is 13.8 Å². The maximum Gasteiger partial charge on any atom is 0.264 e. The van der Waals surface area contributed by atoms with Crippen molar-refractivity contribution in [3.63, 3.8) is 0 Å². The Bertz CT molecular complexity index is 782. The second-order valence-electron chi connectivity index (χ2n) is 5.10. The second-order valence-corrected chi connectivity index (χ2v) is 5.51. The molecule has 0 aliphatic rings. The van der Waals surface area contributed by atoms with E-state index in [1.165, 1.54) is 5.56 Å². The van der Waals surface area contributed by atoms with E-state index in [1.54, 1.807) is 6.07 Å². The van der Waals surface area contributed by atoms with Crippen molar-refractivity contribution in [3.8, 4) is 17.1 Å². The molecular weight excluding hydrogens is 300 g/mol. The number of hydrogen-bond donors (Lipinski definition) is 0. The lowest BCUT2D eigenvalue weighted by Crippen LogP contribution is -1.96. The first kappa shape index (κ1) is 14.6. The first-order chi connectivity index (χ1) is 10.6. The monoisotopic (exact) mass is 314 g/mol. The Morgan fingerprint density at radius 3 is 2.55 bits per heavy atom. The van der Waals surface area contributed by atoms with Crippen LogP contribution in [-0.2, 0) is 6.61 Å². The van der Waals surface area contributed by atoms with Crippen LogP contribution in [0.5, 0.6) is 5.75 Å². The van der Waals surface area contributed by atoms with Gasteiger partial charge in [0.1, 0.15) is 5.75 Å². The Hall–Kier alpha value is -2.33. The molecule has 0 unspecified atom stereocenters. The van der Waals surface area contributed by atoms with Gasteiger partial charge in [-0.05, 0) is 31.5 Å². The first-order valence-corrected chi connectivity index (χ1v) is 7.28. The van der Waals surface area contributed by atoms with E-state index >= 15 is 0 Å². The number of aromatic nitrogens is 2. The van der Waals surface area contributed by atoms with Crippen LogP contribution in [0.15, 0.2) is 47.0 Å². The minimum absolute atomic E-state index is 0.183. The maximum atomic E-state index is 6.09. The van der Waals surface area contributed by atoms with Gasteiger partial charge in [0.25, 0.3) is 5.89 Å². The summed E-state index contributed by atoms with van der Waals surface area (Å²) in [4.78, 5) is 4.33. The molecule has 4 nitrogen and oxygen atoms in total. The van der Waals surface area contributed by atoms with E-state index in [2.05, 4.69) is 10.1 Å². The van der Waals surface area contributed by atoms with Gasteiger partial charge < -0.3 is 9.26 Å². The minimum atomic E-state index is 0.183. The summed E-state index contributed by atoms with van der Waals surface area (Å²) in [5, 5.41) is 4.53. The summed E-state index contributed by atoms with van der Waals surface area (Å²) < 4.78 is 10.9. The average Bonchev–Trinajstić information content (AvgIpc) is 2.98. The zero-order valence-electron chi connectivity index (χ0n) is 12.3. The zero-order valence-corrected chi connectivity index (χ0v) is 13.1. The molecule has 0 fully saturated rings. The van der Waals surface area contributed by atoms with E-state index in [1.807, 2.05) is 50.2 Å². The smallest absolute Gasteiger partial charge is 0.264 e. The predicted octanol–water partition coefficient (Wildman–Crippen LogP) is 4.59. The Kier molecular flexibility index (Phi) is 4.11. The molecule has 1 aromatic heterocycles. The minimum Gasteiger partial charge on any atom is -0.482 e. The van der Waals surface area contributed by atoms with Crippen molar-refractivity contribution in [1.29, 1.82) is 0 Å². The third kappa shape index (κ3) is 3.28. The number of halogens is 1. The summed E-state index contributed by atoms with van der Waals surface area (Å²) in [5.41, 5.74) is 3.17.